The summed E-state index contributed by atoms with van der Waals surface area (Å²) < 4.78 is 15.2. The molecule has 0 saturated heterocycles. The third-order valence-electron chi connectivity index (χ3n) is 4.56. The second kappa shape index (κ2) is 9.52. The van der Waals surface area contributed by atoms with Gasteiger partial charge < -0.3 is 5.32 Å². The minimum Gasteiger partial charge on any atom is -0.325 e. The smallest absolute Gasteiger partial charge is 0.234 e. The summed E-state index contributed by atoms with van der Waals surface area (Å²) in [6.45, 7) is 1.49. The van der Waals surface area contributed by atoms with E-state index in [2.05, 4.69) is 20.5 Å². The van der Waals surface area contributed by atoms with Gasteiger partial charge in [-0.15, -0.1) is 10.2 Å². The molecule has 7 nitrogen and oxygen atoms in total. The molecule has 0 aliphatic carbocycles. The molecule has 0 atom stereocenters. The van der Waals surface area contributed by atoms with Crippen LogP contribution in [0.3, 0.4) is 0 Å². The third-order valence-corrected chi connectivity index (χ3v) is 5.49. The average Bonchev–Trinajstić information content (AvgIpc) is 3.23. The van der Waals surface area contributed by atoms with Gasteiger partial charge in [0.25, 0.3) is 0 Å². The normalized spacial score (nSPS) is 10.7. The number of ketones is 1. The van der Waals surface area contributed by atoms with Crippen molar-refractivity contribution in [2.75, 3.05) is 11.1 Å². The van der Waals surface area contributed by atoms with Crippen LogP contribution in [0.1, 0.15) is 17.3 Å². The van der Waals surface area contributed by atoms with Gasteiger partial charge in [-0.1, -0.05) is 11.8 Å². The molecule has 0 saturated carbocycles. The monoisotopic (exact) mass is 447 g/mol. The van der Waals surface area contributed by atoms with Gasteiger partial charge in [0.05, 0.1) is 5.75 Å². The Kier molecular flexibility index (Phi) is 6.37. The van der Waals surface area contributed by atoms with Crippen molar-refractivity contribution < 1.29 is 14.0 Å². The average molecular weight is 447 g/mol. The Labute approximate surface area is 187 Å². The summed E-state index contributed by atoms with van der Waals surface area (Å²) in [7, 11) is 0. The first-order valence-electron chi connectivity index (χ1n) is 9.66. The number of hydrogen-bond acceptors (Lipinski definition) is 6. The van der Waals surface area contributed by atoms with Gasteiger partial charge in [-0.2, -0.15) is 0 Å². The number of halogens is 1. The molecule has 0 aliphatic rings. The fourth-order valence-electron chi connectivity index (χ4n) is 2.99. The fraction of sp³-hybridized carbons (Fsp3) is 0.0870. The summed E-state index contributed by atoms with van der Waals surface area (Å²) >= 11 is 1.21. The maximum Gasteiger partial charge on any atom is 0.234 e. The highest BCUT2D eigenvalue weighted by Gasteiger charge is 2.17. The molecule has 2 aromatic heterocycles. The number of thioether (sulfide) groups is 1. The van der Waals surface area contributed by atoms with Crippen LogP contribution in [0, 0.1) is 5.82 Å². The van der Waals surface area contributed by atoms with Crippen LogP contribution >= 0.6 is 11.8 Å². The van der Waals surface area contributed by atoms with E-state index in [1.165, 1.54) is 30.8 Å². The number of benzene rings is 2. The summed E-state index contributed by atoms with van der Waals surface area (Å²) in [4.78, 5) is 27.9. The Morgan fingerprint density at radius 2 is 1.66 bits per heavy atom. The molecule has 4 rings (SSSR count). The number of nitrogens with one attached hydrogen (secondary N) is 1. The molecule has 1 N–H and O–H groups in total. The summed E-state index contributed by atoms with van der Waals surface area (Å²) in [6, 6.07) is 16.3. The number of amides is 1. The minimum atomic E-state index is -0.350. The van der Waals surface area contributed by atoms with Gasteiger partial charge in [-0.25, -0.2) is 4.39 Å². The molecule has 0 spiro atoms. The zero-order valence-electron chi connectivity index (χ0n) is 17.0. The number of anilines is 1. The van der Waals surface area contributed by atoms with Crippen molar-refractivity contribution in [3.8, 4) is 17.1 Å². The quantitative estimate of drug-likeness (QED) is 0.334. The number of aromatic nitrogens is 4. The van der Waals surface area contributed by atoms with E-state index in [1.807, 2.05) is 0 Å². The van der Waals surface area contributed by atoms with E-state index in [-0.39, 0.29) is 23.3 Å². The van der Waals surface area contributed by atoms with Crippen LogP contribution in [-0.4, -0.2) is 37.2 Å². The third kappa shape index (κ3) is 4.89. The predicted octanol–water partition coefficient (Wildman–Crippen LogP) is 4.40. The largest absolute Gasteiger partial charge is 0.325 e. The van der Waals surface area contributed by atoms with E-state index in [0.29, 0.717) is 27.9 Å². The highest BCUT2D eigenvalue weighted by atomic mass is 32.2. The van der Waals surface area contributed by atoms with Crippen LogP contribution in [0.25, 0.3) is 17.1 Å². The summed E-state index contributed by atoms with van der Waals surface area (Å²) in [6.07, 6.45) is 3.30. The lowest BCUT2D eigenvalue weighted by molar-refractivity contribution is -0.113. The lowest BCUT2D eigenvalue weighted by atomic mass is 10.1. The van der Waals surface area contributed by atoms with E-state index in [4.69, 9.17) is 0 Å². The molecule has 160 valence electrons. The molecule has 32 heavy (non-hydrogen) atoms. The Morgan fingerprint density at radius 1 is 0.969 bits per heavy atom. The molecule has 2 aromatic carbocycles. The molecule has 0 aliphatic heterocycles. The summed E-state index contributed by atoms with van der Waals surface area (Å²) in [5.41, 5.74) is 2.64. The van der Waals surface area contributed by atoms with Crippen LogP contribution in [0.15, 0.2) is 78.2 Å². The Bertz CT molecular complexity index is 1240. The van der Waals surface area contributed by atoms with Gasteiger partial charge in [0.15, 0.2) is 16.8 Å². The van der Waals surface area contributed by atoms with Crippen molar-refractivity contribution in [3.63, 3.8) is 0 Å². The topological polar surface area (TPSA) is 89.8 Å². The van der Waals surface area contributed by atoms with E-state index in [1.54, 1.807) is 65.5 Å². The zero-order valence-corrected chi connectivity index (χ0v) is 17.8. The highest BCUT2D eigenvalue weighted by molar-refractivity contribution is 7.99. The first-order chi connectivity index (χ1) is 15.5. The minimum absolute atomic E-state index is 0.0384. The van der Waals surface area contributed by atoms with E-state index < -0.39 is 0 Å². The number of pyridine rings is 1. The maximum absolute atomic E-state index is 13.5. The van der Waals surface area contributed by atoms with E-state index in [0.717, 1.165) is 5.56 Å². The van der Waals surface area contributed by atoms with Gasteiger partial charge in [-0.05, 0) is 67.6 Å². The Balaban J connectivity index is 1.54. The number of rotatable bonds is 7. The lowest BCUT2D eigenvalue weighted by Crippen LogP contribution is -2.14. The van der Waals surface area contributed by atoms with Crippen LogP contribution in [0.4, 0.5) is 10.1 Å². The van der Waals surface area contributed by atoms with Crippen LogP contribution < -0.4 is 5.32 Å². The van der Waals surface area contributed by atoms with Crippen LogP contribution in [0.2, 0.25) is 0 Å². The predicted molar refractivity (Wildman–Crippen MR) is 120 cm³/mol. The fourth-order valence-corrected chi connectivity index (χ4v) is 3.74. The Hall–Kier alpha value is -3.85. The molecule has 0 radical (unpaired) electrons. The van der Waals surface area contributed by atoms with Gasteiger partial charge in [-0.3, -0.25) is 19.1 Å². The van der Waals surface area contributed by atoms with Gasteiger partial charge in [0, 0.05) is 34.9 Å². The molecular weight excluding hydrogens is 429 g/mol. The number of carbonyl (C=O) groups excluding carboxylic acids is 2. The van der Waals surface area contributed by atoms with Crippen LogP contribution in [-0.2, 0) is 4.79 Å². The van der Waals surface area contributed by atoms with Gasteiger partial charge in [0.1, 0.15) is 5.82 Å². The molecular formula is C23H18FN5O2S. The van der Waals surface area contributed by atoms with Crippen molar-refractivity contribution in [2.45, 2.75) is 12.1 Å². The number of carbonyl (C=O) groups is 2. The van der Waals surface area contributed by atoms with Gasteiger partial charge in [0.2, 0.25) is 5.91 Å². The van der Waals surface area contributed by atoms with E-state index in [9.17, 15) is 14.0 Å². The standard InChI is InChI=1S/C23H18FN5O2S/c1-15(30)16-2-6-19(7-3-16)26-21(31)14-32-23-28-27-22(17-10-12-25-13-11-17)29(23)20-8-4-18(24)5-9-20/h2-13H,14H2,1H3,(H,26,31). The summed E-state index contributed by atoms with van der Waals surface area (Å²) in [5.74, 6) is 0.0241. The van der Waals surface area contributed by atoms with Crippen molar-refractivity contribution in [2.24, 2.45) is 0 Å². The molecule has 0 unspecified atom stereocenters. The van der Waals surface area contributed by atoms with Crippen LogP contribution in [0.5, 0.6) is 0 Å². The molecule has 0 bridgehead atoms. The molecule has 1 amide bonds. The SMILES string of the molecule is CC(=O)c1ccc(NC(=O)CSc2nnc(-c3ccncc3)n2-c2ccc(F)cc2)cc1. The highest BCUT2D eigenvalue weighted by Crippen LogP contribution is 2.28. The molecule has 2 heterocycles. The number of nitrogens with zero attached hydrogens (tertiary/aromatic N) is 4. The van der Waals surface area contributed by atoms with Crippen molar-refractivity contribution in [3.05, 3.63) is 84.4 Å². The van der Waals surface area contributed by atoms with Crippen molar-refractivity contribution >= 4 is 29.1 Å². The molecule has 9 heteroatoms. The van der Waals surface area contributed by atoms with Gasteiger partial charge >= 0.3 is 0 Å². The Morgan fingerprint density at radius 3 is 2.31 bits per heavy atom. The second-order valence-electron chi connectivity index (χ2n) is 6.82. The zero-order chi connectivity index (χ0) is 22.5. The molecule has 0 fully saturated rings. The lowest BCUT2D eigenvalue weighted by Gasteiger charge is -2.10. The maximum atomic E-state index is 13.5. The van der Waals surface area contributed by atoms with Crippen molar-refractivity contribution in [1.29, 1.82) is 0 Å². The number of hydrogen-bond donors (Lipinski definition) is 1. The number of Topliss-reactive ketones (excluding diaryl/α,β-unsaturated/α-hetero) is 1. The second-order valence-corrected chi connectivity index (χ2v) is 7.77. The first kappa shape index (κ1) is 21.4. The van der Waals surface area contributed by atoms with Crippen molar-refractivity contribution in [1.82, 2.24) is 19.7 Å². The molecule has 4 aromatic rings. The summed E-state index contributed by atoms with van der Waals surface area (Å²) in [5, 5.41) is 11.8. The van der Waals surface area contributed by atoms with E-state index >= 15 is 0 Å². The first-order valence-corrected chi connectivity index (χ1v) is 10.7.